The molecular weight excluding hydrogens is 409 g/mol. The summed E-state index contributed by atoms with van der Waals surface area (Å²) in [5, 5.41) is 0. The molecule has 32 heavy (non-hydrogen) atoms. The van der Waals surface area contributed by atoms with Crippen molar-refractivity contribution in [1.82, 2.24) is 0 Å². The molecule has 0 bridgehead atoms. The van der Waals surface area contributed by atoms with E-state index in [0.717, 1.165) is 25.7 Å². The Balaban J connectivity index is 1.58. The third kappa shape index (κ3) is 4.51. The van der Waals surface area contributed by atoms with Gasteiger partial charge in [0.2, 0.25) is 0 Å². The molecule has 0 heterocycles. The maximum atomic E-state index is 15.0. The Kier molecular flexibility index (Phi) is 6.80. The van der Waals surface area contributed by atoms with E-state index >= 15 is 0 Å². The van der Waals surface area contributed by atoms with Gasteiger partial charge < -0.3 is 4.74 Å². The molecule has 3 aromatic rings. The molecule has 0 saturated heterocycles. The van der Waals surface area contributed by atoms with Gasteiger partial charge in [-0.05, 0) is 60.3 Å². The number of hydrogen-bond acceptors (Lipinski definition) is 1. The van der Waals surface area contributed by atoms with E-state index in [1.165, 1.54) is 36.9 Å². The lowest BCUT2D eigenvalue weighted by Crippen LogP contribution is -2.11. The lowest BCUT2D eigenvalue weighted by atomic mass is 9.78. The van der Waals surface area contributed by atoms with Crippen LogP contribution in [0.4, 0.5) is 13.2 Å². The summed E-state index contributed by atoms with van der Waals surface area (Å²) in [6, 6.07) is 15.0. The van der Waals surface area contributed by atoms with Crippen molar-refractivity contribution < 1.29 is 17.9 Å². The summed E-state index contributed by atoms with van der Waals surface area (Å²) >= 11 is 0. The number of halogens is 3. The summed E-state index contributed by atoms with van der Waals surface area (Å²) in [4.78, 5) is 0. The summed E-state index contributed by atoms with van der Waals surface area (Å²) in [6.45, 7) is 4.14. The van der Waals surface area contributed by atoms with Crippen molar-refractivity contribution in [2.75, 3.05) is 7.11 Å². The molecule has 166 valence electrons. The predicted molar refractivity (Wildman–Crippen MR) is 123 cm³/mol. The van der Waals surface area contributed by atoms with E-state index in [2.05, 4.69) is 6.58 Å². The summed E-state index contributed by atoms with van der Waals surface area (Å²) in [5.41, 5.74) is 2.56. The average molecular weight is 437 g/mol. The van der Waals surface area contributed by atoms with Gasteiger partial charge in [-0.15, -0.1) is 6.58 Å². The van der Waals surface area contributed by atoms with Gasteiger partial charge in [-0.2, -0.15) is 0 Å². The van der Waals surface area contributed by atoms with E-state index in [0.29, 0.717) is 23.0 Å². The molecule has 0 unspecified atom stereocenters. The third-order valence-electron chi connectivity index (χ3n) is 6.52. The van der Waals surface area contributed by atoms with Gasteiger partial charge in [-0.25, -0.2) is 13.2 Å². The standard InChI is InChI=1S/C28H27F3O/c1-3-18-4-7-20(8-5-18)21-9-11-22(12-10-21)23-14-15-25(28(31)27(23)30)24-13-6-19(17-32-2)16-26(24)29/h3,6,9-16,18,20H,1,4-5,7-8,17H2,2H3. The molecule has 1 fully saturated rings. The number of benzene rings is 3. The molecule has 4 heteroatoms. The SMILES string of the molecule is C=CC1CCC(c2ccc(-c3ccc(-c4ccc(COC)cc4F)c(F)c3F)cc2)CC1. The van der Waals surface area contributed by atoms with Crippen LogP contribution in [0, 0.1) is 23.4 Å². The highest BCUT2D eigenvalue weighted by Crippen LogP contribution is 2.38. The van der Waals surface area contributed by atoms with Gasteiger partial charge in [-0.1, -0.05) is 54.6 Å². The van der Waals surface area contributed by atoms with Crippen LogP contribution in [0.2, 0.25) is 0 Å². The molecule has 1 aliphatic rings. The van der Waals surface area contributed by atoms with E-state index in [4.69, 9.17) is 4.74 Å². The van der Waals surface area contributed by atoms with Crippen molar-refractivity contribution in [3.8, 4) is 22.3 Å². The van der Waals surface area contributed by atoms with Gasteiger partial charge in [0, 0.05) is 23.8 Å². The summed E-state index contributed by atoms with van der Waals surface area (Å²) < 4.78 is 49.4. The molecule has 0 N–H and O–H groups in total. The number of ether oxygens (including phenoxy) is 1. The van der Waals surface area contributed by atoms with Gasteiger partial charge in [0.15, 0.2) is 11.6 Å². The third-order valence-corrected chi connectivity index (χ3v) is 6.52. The number of hydrogen-bond donors (Lipinski definition) is 0. The van der Waals surface area contributed by atoms with Crippen LogP contribution < -0.4 is 0 Å². The van der Waals surface area contributed by atoms with E-state index in [-0.39, 0.29) is 23.3 Å². The smallest absolute Gasteiger partial charge is 0.167 e. The highest BCUT2D eigenvalue weighted by molar-refractivity contribution is 5.72. The minimum atomic E-state index is -1.05. The van der Waals surface area contributed by atoms with Crippen LogP contribution in [0.1, 0.15) is 42.7 Å². The first-order chi connectivity index (χ1) is 15.5. The summed E-state index contributed by atoms with van der Waals surface area (Å²) in [7, 11) is 1.51. The minimum Gasteiger partial charge on any atom is -0.380 e. The van der Waals surface area contributed by atoms with Crippen LogP contribution in [0.15, 0.2) is 67.3 Å². The Labute approximate surface area is 187 Å². The van der Waals surface area contributed by atoms with E-state index < -0.39 is 17.5 Å². The Hall–Kier alpha value is -2.85. The van der Waals surface area contributed by atoms with Crippen LogP contribution in [0.5, 0.6) is 0 Å². The first kappa shape index (κ1) is 22.3. The van der Waals surface area contributed by atoms with Crippen molar-refractivity contribution in [3.05, 3.63) is 95.8 Å². The Morgan fingerprint density at radius 1 is 0.844 bits per heavy atom. The normalized spacial score (nSPS) is 18.5. The Bertz CT molecular complexity index is 1100. The molecule has 1 saturated carbocycles. The Morgan fingerprint density at radius 2 is 1.47 bits per heavy atom. The maximum Gasteiger partial charge on any atom is 0.167 e. The second-order valence-electron chi connectivity index (χ2n) is 8.51. The van der Waals surface area contributed by atoms with Gasteiger partial charge in [0.1, 0.15) is 5.82 Å². The van der Waals surface area contributed by atoms with Crippen molar-refractivity contribution in [3.63, 3.8) is 0 Å². The number of rotatable bonds is 6. The quantitative estimate of drug-likeness (QED) is 0.355. The molecule has 1 nitrogen and oxygen atoms in total. The van der Waals surface area contributed by atoms with Gasteiger partial charge in [-0.3, -0.25) is 0 Å². The fourth-order valence-corrected chi connectivity index (χ4v) is 4.64. The lowest BCUT2D eigenvalue weighted by Gasteiger charge is -2.27. The average Bonchev–Trinajstić information content (AvgIpc) is 2.82. The van der Waals surface area contributed by atoms with Gasteiger partial charge in [0.05, 0.1) is 6.61 Å². The molecule has 0 atom stereocenters. The molecule has 1 aliphatic carbocycles. The van der Waals surface area contributed by atoms with Crippen LogP contribution in [-0.2, 0) is 11.3 Å². The maximum absolute atomic E-state index is 15.0. The van der Waals surface area contributed by atoms with Crippen LogP contribution >= 0.6 is 0 Å². The molecule has 0 spiro atoms. The molecule has 0 aliphatic heterocycles. The van der Waals surface area contributed by atoms with Crippen LogP contribution in [-0.4, -0.2) is 7.11 Å². The summed E-state index contributed by atoms with van der Waals surface area (Å²) in [6.07, 6.45) is 6.55. The zero-order valence-corrected chi connectivity index (χ0v) is 18.2. The van der Waals surface area contributed by atoms with Gasteiger partial charge in [0.25, 0.3) is 0 Å². The molecule has 3 aromatic carbocycles. The van der Waals surface area contributed by atoms with Crippen molar-refractivity contribution in [2.24, 2.45) is 5.92 Å². The van der Waals surface area contributed by atoms with Gasteiger partial charge >= 0.3 is 0 Å². The molecule has 0 aromatic heterocycles. The Morgan fingerprint density at radius 3 is 2.09 bits per heavy atom. The highest BCUT2D eigenvalue weighted by Gasteiger charge is 2.22. The van der Waals surface area contributed by atoms with Crippen LogP contribution in [0.25, 0.3) is 22.3 Å². The van der Waals surface area contributed by atoms with Crippen molar-refractivity contribution in [1.29, 1.82) is 0 Å². The second kappa shape index (κ2) is 9.74. The summed E-state index contributed by atoms with van der Waals surface area (Å²) in [5.74, 6) is -1.54. The zero-order chi connectivity index (χ0) is 22.7. The van der Waals surface area contributed by atoms with Crippen molar-refractivity contribution >= 4 is 0 Å². The monoisotopic (exact) mass is 436 g/mol. The largest absolute Gasteiger partial charge is 0.380 e. The fourth-order valence-electron chi connectivity index (χ4n) is 4.64. The van der Waals surface area contributed by atoms with Crippen LogP contribution in [0.3, 0.4) is 0 Å². The minimum absolute atomic E-state index is 0.0262. The topological polar surface area (TPSA) is 9.23 Å². The molecule has 0 amide bonds. The highest BCUT2D eigenvalue weighted by atomic mass is 19.2. The van der Waals surface area contributed by atoms with E-state index in [1.807, 2.05) is 30.3 Å². The molecule has 4 rings (SSSR count). The number of methoxy groups -OCH3 is 1. The van der Waals surface area contributed by atoms with E-state index in [9.17, 15) is 13.2 Å². The number of allylic oxidation sites excluding steroid dienone is 1. The molecule has 0 radical (unpaired) electrons. The van der Waals surface area contributed by atoms with E-state index in [1.54, 1.807) is 6.07 Å². The zero-order valence-electron chi connectivity index (χ0n) is 18.2. The fraction of sp³-hybridized carbons (Fsp3) is 0.286. The first-order valence-electron chi connectivity index (χ1n) is 11.0. The predicted octanol–water partition coefficient (Wildman–Crippen LogP) is 8.04. The first-order valence-corrected chi connectivity index (χ1v) is 11.0. The second-order valence-corrected chi connectivity index (χ2v) is 8.51. The van der Waals surface area contributed by atoms with Crippen molar-refractivity contribution in [2.45, 2.75) is 38.2 Å². The lowest BCUT2D eigenvalue weighted by molar-refractivity contribution is 0.184. The molecular formula is C28H27F3O.